The van der Waals surface area contributed by atoms with E-state index in [0.717, 1.165) is 12.1 Å². The largest absolute Gasteiger partial charge is 0.380 e. The third kappa shape index (κ3) is 3.01. The number of pyridine rings is 1. The van der Waals surface area contributed by atoms with Crippen molar-refractivity contribution in [2.75, 3.05) is 14.2 Å². The molecule has 4 heteroatoms. The second-order valence-corrected chi connectivity index (χ2v) is 3.67. The SMILES string of the molecule is CC[C@@H](OC)[C@H](N)C(OC)c1ccccn1. The smallest absolute Gasteiger partial charge is 0.117 e. The van der Waals surface area contributed by atoms with Crippen LogP contribution < -0.4 is 5.73 Å². The molecule has 0 saturated carbocycles. The average Bonchev–Trinajstić information content (AvgIpc) is 2.33. The number of rotatable bonds is 6. The van der Waals surface area contributed by atoms with Crippen molar-refractivity contribution >= 4 is 0 Å². The van der Waals surface area contributed by atoms with Gasteiger partial charge in [0.1, 0.15) is 6.10 Å². The summed E-state index contributed by atoms with van der Waals surface area (Å²) in [4.78, 5) is 4.26. The molecule has 90 valence electrons. The monoisotopic (exact) mass is 224 g/mol. The van der Waals surface area contributed by atoms with Gasteiger partial charge in [-0.2, -0.15) is 0 Å². The van der Waals surface area contributed by atoms with Gasteiger partial charge in [-0.1, -0.05) is 13.0 Å². The van der Waals surface area contributed by atoms with Crippen molar-refractivity contribution in [2.45, 2.75) is 31.6 Å². The van der Waals surface area contributed by atoms with Crippen LogP contribution in [0.4, 0.5) is 0 Å². The summed E-state index contributed by atoms with van der Waals surface area (Å²) in [6.45, 7) is 2.04. The molecule has 0 spiro atoms. The molecule has 16 heavy (non-hydrogen) atoms. The first kappa shape index (κ1) is 13.1. The maximum atomic E-state index is 6.14. The highest BCUT2D eigenvalue weighted by molar-refractivity contribution is 5.10. The lowest BCUT2D eigenvalue weighted by molar-refractivity contribution is -0.00154. The Bertz CT molecular complexity index is 288. The number of hydrogen-bond donors (Lipinski definition) is 1. The molecular weight excluding hydrogens is 204 g/mol. The predicted octanol–water partition coefficient (Wildman–Crippen LogP) is 1.52. The van der Waals surface area contributed by atoms with Crippen molar-refractivity contribution < 1.29 is 9.47 Å². The Hall–Kier alpha value is -0.970. The Balaban J connectivity index is 2.82. The van der Waals surface area contributed by atoms with E-state index in [-0.39, 0.29) is 18.2 Å². The number of aromatic nitrogens is 1. The van der Waals surface area contributed by atoms with E-state index in [2.05, 4.69) is 4.98 Å². The zero-order valence-corrected chi connectivity index (χ0v) is 10.1. The fraction of sp³-hybridized carbons (Fsp3) is 0.583. The van der Waals surface area contributed by atoms with E-state index in [1.54, 1.807) is 20.4 Å². The first-order valence-electron chi connectivity index (χ1n) is 5.46. The summed E-state index contributed by atoms with van der Waals surface area (Å²) in [5.41, 5.74) is 6.98. The molecule has 1 rings (SSSR count). The molecule has 1 aromatic heterocycles. The normalized spacial score (nSPS) is 16.8. The summed E-state index contributed by atoms with van der Waals surface area (Å²) in [7, 11) is 3.31. The van der Waals surface area contributed by atoms with Crippen LogP contribution in [0.1, 0.15) is 25.1 Å². The molecule has 1 unspecified atom stereocenters. The quantitative estimate of drug-likeness (QED) is 0.796. The minimum atomic E-state index is -0.230. The van der Waals surface area contributed by atoms with Crippen LogP contribution in [0.25, 0.3) is 0 Å². The van der Waals surface area contributed by atoms with Gasteiger partial charge >= 0.3 is 0 Å². The van der Waals surface area contributed by atoms with E-state index in [1.165, 1.54) is 0 Å². The van der Waals surface area contributed by atoms with Gasteiger partial charge in [0.2, 0.25) is 0 Å². The third-order valence-electron chi connectivity index (χ3n) is 2.72. The molecule has 0 aliphatic carbocycles. The van der Waals surface area contributed by atoms with Gasteiger partial charge in [-0.15, -0.1) is 0 Å². The molecule has 0 fully saturated rings. The molecule has 1 heterocycles. The first-order valence-corrected chi connectivity index (χ1v) is 5.46. The molecule has 0 saturated heterocycles. The Labute approximate surface area is 96.8 Å². The van der Waals surface area contributed by atoms with Crippen LogP contribution in [-0.4, -0.2) is 31.3 Å². The Morgan fingerprint density at radius 1 is 1.31 bits per heavy atom. The van der Waals surface area contributed by atoms with Gasteiger partial charge in [0.25, 0.3) is 0 Å². The molecule has 0 amide bonds. The molecular formula is C12H20N2O2. The molecule has 0 aliphatic heterocycles. The molecule has 4 nitrogen and oxygen atoms in total. The van der Waals surface area contributed by atoms with Gasteiger partial charge in [0.15, 0.2) is 0 Å². The van der Waals surface area contributed by atoms with Gasteiger partial charge in [0.05, 0.1) is 17.8 Å². The number of hydrogen-bond acceptors (Lipinski definition) is 4. The van der Waals surface area contributed by atoms with E-state index in [4.69, 9.17) is 15.2 Å². The Kier molecular flexibility index (Phi) is 5.38. The topological polar surface area (TPSA) is 57.4 Å². The zero-order valence-electron chi connectivity index (χ0n) is 10.1. The first-order chi connectivity index (χ1) is 7.74. The van der Waals surface area contributed by atoms with Crippen molar-refractivity contribution in [3.63, 3.8) is 0 Å². The predicted molar refractivity (Wildman–Crippen MR) is 63.1 cm³/mol. The Morgan fingerprint density at radius 3 is 2.50 bits per heavy atom. The van der Waals surface area contributed by atoms with Gasteiger partial charge in [0, 0.05) is 20.4 Å². The molecule has 0 bridgehead atoms. The average molecular weight is 224 g/mol. The maximum absolute atomic E-state index is 6.14. The lowest BCUT2D eigenvalue weighted by atomic mass is 10.0. The second-order valence-electron chi connectivity index (χ2n) is 3.67. The van der Waals surface area contributed by atoms with E-state index < -0.39 is 0 Å². The number of nitrogens with two attached hydrogens (primary N) is 1. The zero-order chi connectivity index (χ0) is 12.0. The van der Waals surface area contributed by atoms with Crippen LogP contribution in [-0.2, 0) is 9.47 Å². The van der Waals surface area contributed by atoms with Crippen molar-refractivity contribution in [1.29, 1.82) is 0 Å². The van der Waals surface area contributed by atoms with E-state index in [9.17, 15) is 0 Å². The fourth-order valence-corrected chi connectivity index (χ4v) is 1.81. The molecule has 0 aromatic carbocycles. The highest BCUT2D eigenvalue weighted by Gasteiger charge is 2.27. The summed E-state index contributed by atoms with van der Waals surface area (Å²) >= 11 is 0. The standard InChI is InChI=1S/C12H20N2O2/c1-4-10(15-2)11(13)12(16-3)9-7-5-6-8-14-9/h5-8,10-12H,4,13H2,1-3H3/t10-,11+,12?/m1/s1. The number of ether oxygens (including phenoxy) is 2. The molecule has 1 aromatic rings. The van der Waals surface area contributed by atoms with E-state index >= 15 is 0 Å². The summed E-state index contributed by atoms with van der Waals surface area (Å²) in [5, 5.41) is 0. The van der Waals surface area contributed by atoms with Gasteiger partial charge in [-0.05, 0) is 18.6 Å². The number of methoxy groups -OCH3 is 2. The fourth-order valence-electron chi connectivity index (χ4n) is 1.81. The lowest BCUT2D eigenvalue weighted by Crippen LogP contribution is -2.41. The van der Waals surface area contributed by atoms with Gasteiger partial charge < -0.3 is 15.2 Å². The van der Waals surface area contributed by atoms with Crippen molar-refractivity contribution in [3.05, 3.63) is 30.1 Å². The molecule has 2 N–H and O–H groups in total. The molecule has 0 radical (unpaired) electrons. The summed E-state index contributed by atoms with van der Waals surface area (Å²) < 4.78 is 10.7. The maximum Gasteiger partial charge on any atom is 0.117 e. The summed E-state index contributed by atoms with van der Waals surface area (Å²) in [6.07, 6.45) is 2.34. The van der Waals surface area contributed by atoms with Crippen LogP contribution in [0.5, 0.6) is 0 Å². The lowest BCUT2D eigenvalue weighted by Gasteiger charge is -2.28. The van der Waals surface area contributed by atoms with Crippen LogP contribution >= 0.6 is 0 Å². The minimum absolute atomic E-state index is 0.0213. The van der Waals surface area contributed by atoms with Crippen LogP contribution in [0.2, 0.25) is 0 Å². The van der Waals surface area contributed by atoms with Crippen molar-refractivity contribution in [3.8, 4) is 0 Å². The summed E-state index contributed by atoms with van der Waals surface area (Å²) in [5.74, 6) is 0. The highest BCUT2D eigenvalue weighted by atomic mass is 16.5. The molecule has 3 atom stereocenters. The highest BCUT2D eigenvalue weighted by Crippen LogP contribution is 2.21. The van der Waals surface area contributed by atoms with Crippen LogP contribution in [0.15, 0.2) is 24.4 Å². The second kappa shape index (κ2) is 6.58. The van der Waals surface area contributed by atoms with Gasteiger partial charge in [-0.3, -0.25) is 4.98 Å². The van der Waals surface area contributed by atoms with Crippen molar-refractivity contribution in [2.24, 2.45) is 5.73 Å². The van der Waals surface area contributed by atoms with Gasteiger partial charge in [-0.25, -0.2) is 0 Å². The third-order valence-corrected chi connectivity index (χ3v) is 2.72. The van der Waals surface area contributed by atoms with Crippen LogP contribution in [0, 0.1) is 0 Å². The Morgan fingerprint density at radius 2 is 2.06 bits per heavy atom. The van der Waals surface area contributed by atoms with E-state index in [1.807, 2.05) is 25.1 Å². The van der Waals surface area contributed by atoms with Crippen LogP contribution in [0.3, 0.4) is 0 Å². The minimum Gasteiger partial charge on any atom is -0.380 e. The number of nitrogens with zero attached hydrogens (tertiary/aromatic N) is 1. The molecule has 0 aliphatic rings. The van der Waals surface area contributed by atoms with E-state index in [0.29, 0.717) is 0 Å². The van der Waals surface area contributed by atoms with Crippen molar-refractivity contribution in [1.82, 2.24) is 4.98 Å². The summed E-state index contributed by atoms with van der Waals surface area (Å²) in [6, 6.07) is 5.50.